The number of thioether (sulfide) groups is 1. The zero-order valence-electron chi connectivity index (χ0n) is 17.5. The highest BCUT2D eigenvalue weighted by Crippen LogP contribution is 2.46. The van der Waals surface area contributed by atoms with Gasteiger partial charge in [-0.05, 0) is 49.3 Å². The van der Waals surface area contributed by atoms with Crippen LogP contribution < -0.4 is 0 Å². The van der Waals surface area contributed by atoms with Gasteiger partial charge in [0.05, 0.1) is 17.0 Å². The summed E-state index contributed by atoms with van der Waals surface area (Å²) in [6, 6.07) is 3.48. The predicted molar refractivity (Wildman–Crippen MR) is 130 cm³/mol. The van der Waals surface area contributed by atoms with E-state index in [-0.39, 0.29) is 11.2 Å². The molecule has 0 radical (unpaired) electrons. The molecule has 32 heavy (non-hydrogen) atoms. The molecule has 4 heterocycles. The van der Waals surface area contributed by atoms with Crippen LogP contribution >= 0.6 is 35.0 Å². The molecule has 0 amide bonds. The summed E-state index contributed by atoms with van der Waals surface area (Å²) in [4.78, 5) is 12.2. The lowest BCUT2D eigenvalue weighted by Crippen LogP contribution is -2.39. The summed E-state index contributed by atoms with van der Waals surface area (Å²) in [6.07, 6.45) is 6.45. The number of aliphatic imine (C=N–C) groups is 2. The maximum absolute atomic E-state index is 14.0. The van der Waals surface area contributed by atoms with Gasteiger partial charge in [0.1, 0.15) is 23.9 Å². The molecule has 0 aliphatic carbocycles. The Morgan fingerprint density at radius 1 is 1.31 bits per heavy atom. The third-order valence-corrected chi connectivity index (χ3v) is 8.15. The van der Waals surface area contributed by atoms with Gasteiger partial charge in [-0.25, -0.2) is 8.78 Å². The summed E-state index contributed by atoms with van der Waals surface area (Å²) in [6.45, 7) is 2.31. The van der Waals surface area contributed by atoms with Gasteiger partial charge < -0.3 is 4.90 Å². The number of halogens is 4. The van der Waals surface area contributed by atoms with E-state index in [4.69, 9.17) is 28.2 Å². The number of fused-ring (bicyclic) bond motifs is 1. The highest BCUT2D eigenvalue weighted by Gasteiger charge is 2.42. The van der Waals surface area contributed by atoms with Crippen LogP contribution in [0.3, 0.4) is 0 Å². The lowest BCUT2D eigenvalue weighted by Gasteiger charge is -2.35. The lowest BCUT2D eigenvalue weighted by atomic mass is 9.90. The molecule has 1 saturated heterocycles. The van der Waals surface area contributed by atoms with E-state index in [1.54, 1.807) is 23.9 Å². The summed E-state index contributed by atoms with van der Waals surface area (Å²) < 4.78 is 27.9. The number of benzene rings is 1. The number of hydrogen-bond donors (Lipinski definition) is 0. The zero-order chi connectivity index (χ0) is 22.4. The molecule has 0 spiro atoms. The fraction of sp³-hybridized carbons (Fsp3) is 0.417. The Hall–Kier alpha value is -1.63. The smallest absolute Gasteiger partial charge is 0.124 e. The van der Waals surface area contributed by atoms with Crippen molar-refractivity contribution in [2.24, 2.45) is 15.9 Å². The molecule has 168 valence electrons. The predicted octanol–water partition coefficient (Wildman–Crippen LogP) is 6.50. The van der Waals surface area contributed by atoms with E-state index in [1.165, 1.54) is 19.1 Å². The first kappa shape index (κ1) is 22.2. The Labute approximate surface area is 201 Å². The van der Waals surface area contributed by atoms with Gasteiger partial charge in [-0.3, -0.25) is 9.98 Å². The summed E-state index contributed by atoms with van der Waals surface area (Å²) in [5.41, 5.74) is 3.49. The molecule has 0 N–H and O–H groups in total. The van der Waals surface area contributed by atoms with Crippen molar-refractivity contribution < 1.29 is 8.78 Å². The second-order valence-electron chi connectivity index (χ2n) is 8.52. The second kappa shape index (κ2) is 8.96. The molecule has 0 bridgehead atoms. The van der Waals surface area contributed by atoms with Crippen molar-refractivity contribution >= 4 is 46.5 Å². The van der Waals surface area contributed by atoms with E-state index in [0.717, 1.165) is 47.8 Å². The third kappa shape index (κ3) is 3.95. The molecule has 5 atom stereocenters. The molecule has 1 fully saturated rings. The number of nitrogens with zero attached hydrogens (tertiary/aromatic N) is 3. The monoisotopic (exact) mass is 493 g/mol. The molecule has 4 aliphatic rings. The summed E-state index contributed by atoms with van der Waals surface area (Å²) in [5.74, 6) is 1.44. The minimum absolute atomic E-state index is 0.210. The first-order valence-corrected chi connectivity index (χ1v) is 12.6. The molecule has 8 heteroatoms. The van der Waals surface area contributed by atoms with Crippen LogP contribution in [0.2, 0.25) is 5.02 Å². The SMILES string of the molecule is CC(F)C1C=CC(C2=C3C[C@H](CCl)CN3C(C3CC=CS3)=N[C@H]2c2ccc(F)cc2Cl)=N1. The Morgan fingerprint density at radius 2 is 2.16 bits per heavy atom. The fourth-order valence-electron chi connectivity index (χ4n) is 4.73. The van der Waals surface area contributed by atoms with Gasteiger partial charge in [-0.1, -0.05) is 29.8 Å². The van der Waals surface area contributed by atoms with Crippen LogP contribution in [0.4, 0.5) is 8.78 Å². The Morgan fingerprint density at radius 3 is 2.81 bits per heavy atom. The highest BCUT2D eigenvalue weighted by molar-refractivity contribution is 8.03. The van der Waals surface area contributed by atoms with E-state index in [2.05, 4.69) is 21.4 Å². The van der Waals surface area contributed by atoms with Crippen LogP contribution in [0.5, 0.6) is 0 Å². The van der Waals surface area contributed by atoms with Crippen LogP contribution in [0, 0.1) is 11.7 Å². The van der Waals surface area contributed by atoms with Gasteiger partial charge in [0.25, 0.3) is 0 Å². The van der Waals surface area contributed by atoms with Gasteiger partial charge in [0.15, 0.2) is 0 Å². The minimum Gasteiger partial charge on any atom is -0.332 e. The van der Waals surface area contributed by atoms with Crippen molar-refractivity contribution in [3.05, 3.63) is 69.5 Å². The topological polar surface area (TPSA) is 28.0 Å². The number of rotatable bonds is 5. The molecule has 5 rings (SSSR count). The standard InChI is InChI=1S/C24H23Cl2F2N3S/c1-13(27)18-6-7-19(29-18)22-20-9-14(11-25)12-31(20)24(21-3-2-8-32-21)30-23(22)16-5-4-15(28)10-17(16)26/h2,4-8,10,13-14,18,21,23H,3,9,11-12H2,1H3/t13?,14-,18?,21?,23+/m1/s1. The van der Waals surface area contributed by atoms with Crippen molar-refractivity contribution in [1.29, 1.82) is 0 Å². The number of alkyl halides is 2. The Bertz CT molecular complexity index is 1070. The molecule has 4 aliphatic heterocycles. The van der Waals surface area contributed by atoms with Gasteiger partial charge in [0, 0.05) is 34.3 Å². The van der Waals surface area contributed by atoms with Gasteiger partial charge in [-0.15, -0.1) is 23.4 Å². The maximum atomic E-state index is 14.0. The van der Waals surface area contributed by atoms with Crippen LogP contribution in [0.1, 0.15) is 31.4 Å². The van der Waals surface area contributed by atoms with E-state index in [1.807, 2.05) is 6.08 Å². The van der Waals surface area contributed by atoms with Gasteiger partial charge in [-0.2, -0.15) is 0 Å². The van der Waals surface area contributed by atoms with Crippen LogP contribution in [-0.4, -0.2) is 46.3 Å². The Balaban J connectivity index is 1.67. The maximum Gasteiger partial charge on any atom is 0.124 e. The van der Waals surface area contributed by atoms with E-state index >= 15 is 0 Å². The van der Waals surface area contributed by atoms with E-state index < -0.39 is 24.1 Å². The average molecular weight is 494 g/mol. The third-order valence-electron chi connectivity index (χ3n) is 6.31. The van der Waals surface area contributed by atoms with Crippen LogP contribution in [-0.2, 0) is 0 Å². The molecule has 1 aromatic carbocycles. The van der Waals surface area contributed by atoms with Gasteiger partial charge in [0.2, 0.25) is 0 Å². The second-order valence-corrected chi connectivity index (χ2v) is 10.4. The fourth-order valence-corrected chi connectivity index (χ4v) is 6.15. The molecule has 3 unspecified atom stereocenters. The number of allylic oxidation sites excluding steroid dienone is 3. The first-order valence-electron chi connectivity index (χ1n) is 10.8. The van der Waals surface area contributed by atoms with Crippen molar-refractivity contribution in [2.75, 3.05) is 12.4 Å². The average Bonchev–Trinajstić information content (AvgIpc) is 3.52. The molecule has 3 nitrogen and oxygen atoms in total. The number of amidine groups is 1. The van der Waals surface area contributed by atoms with Crippen molar-refractivity contribution in [3.63, 3.8) is 0 Å². The highest BCUT2D eigenvalue weighted by atomic mass is 35.5. The van der Waals surface area contributed by atoms with Crippen molar-refractivity contribution in [3.8, 4) is 0 Å². The van der Waals surface area contributed by atoms with E-state index in [0.29, 0.717) is 10.9 Å². The molecule has 0 aromatic heterocycles. The summed E-state index contributed by atoms with van der Waals surface area (Å²) in [5, 5.41) is 2.65. The zero-order valence-corrected chi connectivity index (χ0v) is 19.8. The van der Waals surface area contributed by atoms with E-state index in [9.17, 15) is 8.78 Å². The first-order chi connectivity index (χ1) is 15.5. The minimum atomic E-state index is -1.08. The molecule has 0 saturated carbocycles. The largest absolute Gasteiger partial charge is 0.332 e. The lowest BCUT2D eigenvalue weighted by molar-refractivity contribution is 0.337. The molecular formula is C24H23Cl2F2N3S. The Kier molecular flexibility index (Phi) is 6.21. The van der Waals surface area contributed by atoms with Crippen molar-refractivity contribution in [2.45, 2.75) is 43.3 Å². The quantitative estimate of drug-likeness (QED) is 0.437. The van der Waals surface area contributed by atoms with Crippen LogP contribution in [0.25, 0.3) is 0 Å². The van der Waals surface area contributed by atoms with Crippen molar-refractivity contribution in [1.82, 2.24) is 4.90 Å². The summed E-state index contributed by atoms with van der Waals surface area (Å²) in [7, 11) is 0. The van der Waals surface area contributed by atoms with Crippen LogP contribution in [0.15, 0.2) is 63.1 Å². The summed E-state index contributed by atoms with van der Waals surface area (Å²) >= 11 is 14.6. The molecule has 1 aromatic rings. The normalized spacial score (nSPS) is 30.1. The number of hydrogen-bond acceptors (Lipinski definition) is 4. The molecular weight excluding hydrogens is 471 g/mol. The van der Waals surface area contributed by atoms with Gasteiger partial charge >= 0.3 is 0 Å².